The first-order valence-corrected chi connectivity index (χ1v) is 20.6. The third-order valence-corrected chi connectivity index (χ3v) is 13.3. The number of para-hydroxylation sites is 3. The molecule has 9 aromatic carbocycles. The maximum absolute atomic E-state index is 7.17. The molecule has 0 bridgehead atoms. The average molecular weight is 757 g/mol. The van der Waals surface area contributed by atoms with Crippen molar-refractivity contribution < 1.29 is 4.42 Å². The first kappa shape index (κ1) is 31.8. The fourth-order valence-electron chi connectivity index (χ4n) is 9.62. The Balaban J connectivity index is 1.18. The van der Waals surface area contributed by atoms with E-state index in [0.717, 1.165) is 27.6 Å². The van der Waals surface area contributed by atoms with Crippen molar-refractivity contribution in [3.05, 3.63) is 194 Å². The molecule has 0 spiro atoms. The van der Waals surface area contributed by atoms with Gasteiger partial charge in [0.2, 0.25) is 0 Å². The highest BCUT2D eigenvalue weighted by Crippen LogP contribution is 2.50. The van der Waals surface area contributed by atoms with E-state index in [1.807, 2.05) is 11.3 Å². The van der Waals surface area contributed by atoms with Gasteiger partial charge in [0.25, 0.3) is 0 Å². The molecular formula is C54H32N2OS. The third-order valence-electron chi connectivity index (χ3n) is 12.1. The highest BCUT2D eigenvalue weighted by Gasteiger charge is 2.27. The van der Waals surface area contributed by atoms with Gasteiger partial charge in [-0.1, -0.05) is 158 Å². The van der Waals surface area contributed by atoms with Crippen LogP contribution in [0.2, 0.25) is 0 Å². The van der Waals surface area contributed by atoms with Gasteiger partial charge in [0.1, 0.15) is 0 Å². The molecule has 270 valence electrons. The summed E-state index contributed by atoms with van der Waals surface area (Å²) in [6.07, 6.45) is 0. The third kappa shape index (κ3) is 4.38. The normalized spacial score (nSPS) is 12.1. The highest BCUT2D eigenvalue weighted by atomic mass is 32.1. The van der Waals surface area contributed by atoms with Crippen molar-refractivity contribution in [1.29, 1.82) is 0 Å². The monoisotopic (exact) mass is 756 g/mol. The molecule has 4 aromatic heterocycles. The summed E-state index contributed by atoms with van der Waals surface area (Å²) in [5, 5.41) is 4.78. The quantitative estimate of drug-likeness (QED) is 0.164. The Morgan fingerprint density at radius 1 is 0.362 bits per heavy atom. The van der Waals surface area contributed by atoms with E-state index in [1.165, 1.54) is 92.1 Å². The lowest BCUT2D eigenvalue weighted by Gasteiger charge is -2.12. The van der Waals surface area contributed by atoms with Crippen molar-refractivity contribution in [2.24, 2.45) is 0 Å². The van der Waals surface area contributed by atoms with E-state index in [0.29, 0.717) is 0 Å². The molecule has 0 aliphatic heterocycles. The van der Waals surface area contributed by atoms with Crippen LogP contribution in [-0.2, 0) is 0 Å². The molecule has 0 radical (unpaired) electrons. The van der Waals surface area contributed by atoms with Gasteiger partial charge in [0.05, 0.1) is 47.9 Å². The lowest BCUT2D eigenvalue weighted by Crippen LogP contribution is -1.92. The van der Waals surface area contributed by atoms with Crippen LogP contribution in [0.3, 0.4) is 0 Å². The minimum atomic E-state index is 0.859. The van der Waals surface area contributed by atoms with Gasteiger partial charge in [-0.3, -0.25) is 0 Å². The van der Waals surface area contributed by atoms with Crippen LogP contribution in [0, 0.1) is 0 Å². The summed E-state index contributed by atoms with van der Waals surface area (Å²) in [7, 11) is 0. The van der Waals surface area contributed by atoms with Crippen molar-refractivity contribution in [3.8, 4) is 44.5 Å². The van der Waals surface area contributed by atoms with Crippen LogP contribution in [0.1, 0.15) is 0 Å². The van der Waals surface area contributed by atoms with E-state index in [4.69, 9.17) is 4.42 Å². The molecule has 0 saturated heterocycles. The van der Waals surface area contributed by atoms with Gasteiger partial charge in [-0.15, -0.1) is 11.3 Å². The Labute approximate surface area is 336 Å². The number of fused-ring (bicyclic) bond motifs is 12. The Morgan fingerprint density at radius 2 is 0.845 bits per heavy atom. The second-order valence-electron chi connectivity index (χ2n) is 15.2. The topological polar surface area (TPSA) is 22.0 Å². The fraction of sp³-hybridized carbons (Fsp3) is 0. The molecule has 0 aliphatic rings. The van der Waals surface area contributed by atoms with Crippen LogP contribution in [-0.4, -0.2) is 8.80 Å². The van der Waals surface area contributed by atoms with E-state index in [2.05, 4.69) is 203 Å². The van der Waals surface area contributed by atoms with Crippen molar-refractivity contribution in [2.75, 3.05) is 0 Å². The first-order valence-electron chi connectivity index (χ1n) is 19.8. The lowest BCUT2D eigenvalue weighted by molar-refractivity contribution is 0.660. The van der Waals surface area contributed by atoms with Gasteiger partial charge in [0, 0.05) is 16.2 Å². The van der Waals surface area contributed by atoms with E-state index >= 15 is 0 Å². The second-order valence-corrected chi connectivity index (χ2v) is 16.3. The Morgan fingerprint density at radius 3 is 1.47 bits per heavy atom. The van der Waals surface area contributed by atoms with Gasteiger partial charge in [-0.25, -0.2) is 0 Å². The summed E-state index contributed by atoms with van der Waals surface area (Å²) >= 11 is 1.88. The molecule has 13 rings (SSSR count). The van der Waals surface area contributed by atoms with E-state index in [-0.39, 0.29) is 0 Å². The Bertz CT molecular complexity index is 3540. The summed E-state index contributed by atoms with van der Waals surface area (Å²) in [5.41, 5.74) is 18.4. The van der Waals surface area contributed by atoms with Gasteiger partial charge < -0.3 is 13.2 Å². The summed E-state index contributed by atoms with van der Waals surface area (Å²) in [5.74, 6) is 0. The number of hydrogen-bond acceptors (Lipinski definition) is 2. The number of rotatable bonds is 4. The Hall–Kier alpha value is -7.40. The molecule has 4 heteroatoms. The number of aromatic nitrogens is 2. The van der Waals surface area contributed by atoms with Crippen LogP contribution in [0.5, 0.6) is 0 Å². The summed E-state index contributed by atoms with van der Waals surface area (Å²) in [6.45, 7) is 0. The van der Waals surface area contributed by atoms with E-state index in [1.54, 1.807) is 0 Å². The minimum Gasteiger partial charge on any atom is -0.452 e. The number of hydrogen-bond donors (Lipinski definition) is 0. The van der Waals surface area contributed by atoms with Crippen LogP contribution >= 0.6 is 11.3 Å². The van der Waals surface area contributed by atoms with Crippen LogP contribution in [0.4, 0.5) is 0 Å². The number of benzene rings is 9. The smallest absolute Gasteiger partial charge is 0.162 e. The van der Waals surface area contributed by atoms with Crippen molar-refractivity contribution in [3.63, 3.8) is 0 Å². The van der Waals surface area contributed by atoms with Crippen molar-refractivity contribution in [2.45, 2.75) is 0 Å². The maximum atomic E-state index is 7.17. The molecule has 58 heavy (non-hydrogen) atoms. The van der Waals surface area contributed by atoms with Gasteiger partial charge in [-0.05, 0) is 80.9 Å². The predicted molar refractivity (Wildman–Crippen MR) is 245 cm³/mol. The number of nitrogens with zero attached hydrogens (tertiary/aromatic N) is 2. The molecule has 0 N–H and O–H groups in total. The average Bonchev–Trinajstić information content (AvgIpc) is 3.83. The van der Waals surface area contributed by atoms with E-state index in [9.17, 15) is 0 Å². The largest absolute Gasteiger partial charge is 0.452 e. The van der Waals surface area contributed by atoms with Gasteiger partial charge >= 0.3 is 0 Å². The molecule has 3 nitrogen and oxygen atoms in total. The maximum Gasteiger partial charge on any atom is 0.162 e. The standard InChI is InChI=1S/C54H32N2OS/c1-3-15-33(16-4-1)37-19-7-9-21-39(37)35-27-29-41-45(31-35)56-44-24-12-14-26-48(44)58-54-50-42-30-28-36(40-22-10-8-20-38(40)34-17-5-2-6-18-34)32-46(42)55-43-23-11-13-25-47(43)57-53(51(50)55)49(41)52(54)56/h1-32H. The van der Waals surface area contributed by atoms with Crippen LogP contribution < -0.4 is 0 Å². The predicted octanol–water partition coefficient (Wildman–Crippen LogP) is 15.4. The first-order chi connectivity index (χ1) is 28.8. The summed E-state index contributed by atoms with van der Waals surface area (Å²) < 4.78 is 14.6. The van der Waals surface area contributed by atoms with Gasteiger partial charge in [0.15, 0.2) is 11.2 Å². The minimum absolute atomic E-state index is 0.859. The zero-order valence-electron chi connectivity index (χ0n) is 31.2. The van der Waals surface area contributed by atoms with Crippen molar-refractivity contribution in [1.82, 2.24) is 8.80 Å². The molecule has 0 unspecified atom stereocenters. The molecule has 4 heterocycles. The van der Waals surface area contributed by atoms with Crippen LogP contribution in [0.25, 0.3) is 120 Å². The molecule has 13 aromatic rings. The highest BCUT2D eigenvalue weighted by molar-refractivity contribution is 7.25. The molecule has 0 amide bonds. The molecular weight excluding hydrogens is 725 g/mol. The zero-order chi connectivity index (χ0) is 37.9. The molecule has 0 fully saturated rings. The lowest BCUT2D eigenvalue weighted by atomic mass is 9.94. The summed E-state index contributed by atoms with van der Waals surface area (Å²) in [4.78, 5) is 0. The second kappa shape index (κ2) is 12.1. The van der Waals surface area contributed by atoms with Gasteiger partial charge in [-0.2, -0.15) is 0 Å². The summed E-state index contributed by atoms with van der Waals surface area (Å²) in [6, 6.07) is 70.3. The molecule has 0 aliphatic carbocycles. The fourth-order valence-corrected chi connectivity index (χ4v) is 10.9. The molecule has 0 atom stereocenters. The SMILES string of the molecule is c1ccc(-c2ccccc2-c2ccc3c4c5sc6ccccc6n6c7cc(-c8ccccc8-c8ccccc8)ccc7c(c7oc8ccccc8n(c3c2)c74)c56)cc1. The zero-order valence-corrected chi connectivity index (χ0v) is 32.0. The van der Waals surface area contributed by atoms with E-state index < -0.39 is 0 Å². The Kier molecular flexibility index (Phi) is 6.60. The van der Waals surface area contributed by atoms with Crippen molar-refractivity contribution >= 4 is 86.5 Å². The van der Waals surface area contributed by atoms with Crippen LogP contribution in [0.15, 0.2) is 199 Å². The molecule has 0 saturated carbocycles.